The minimum absolute atomic E-state index is 0.0498. The van der Waals surface area contributed by atoms with Crippen LogP contribution in [0.5, 0.6) is 0 Å². The van der Waals surface area contributed by atoms with Crippen molar-refractivity contribution < 1.29 is 4.79 Å². The standard InChI is InChI=1S/C14H28N2O/c1-4-10-14(2,3)16-13(17)9-8-12-7-5-6-11-15-12/h12,15H,4-11H2,1-3H3,(H,16,17). The fourth-order valence-electron chi connectivity index (χ4n) is 2.60. The van der Waals surface area contributed by atoms with E-state index < -0.39 is 0 Å². The lowest BCUT2D eigenvalue weighted by atomic mass is 9.97. The average Bonchev–Trinajstić information content (AvgIpc) is 2.27. The van der Waals surface area contributed by atoms with Crippen LogP contribution in [0.2, 0.25) is 0 Å². The molecule has 1 aliphatic heterocycles. The third-order valence-electron chi connectivity index (χ3n) is 3.49. The van der Waals surface area contributed by atoms with E-state index in [1.165, 1.54) is 19.3 Å². The summed E-state index contributed by atoms with van der Waals surface area (Å²) in [4.78, 5) is 11.8. The molecule has 1 aliphatic rings. The molecule has 3 nitrogen and oxygen atoms in total. The molecule has 3 heteroatoms. The molecule has 0 aliphatic carbocycles. The van der Waals surface area contributed by atoms with E-state index in [2.05, 4.69) is 31.4 Å². The van der Waals surface area contributed by atoms with Crippen molar-refractivity contribution in [3.8, 4) is 0 Å². The van der Waals surface area contributed by atoms with Crippen LogP contribution in [0.15, 0.2) is 0 Å². The molecule has 0 bridgehead atoms. The molecule has 0 radical (unpaired) electrons. The van der Waals surface area contributed by atoms with Crippen molar-refractivity contribution in [3.05, 3.63) is 0 Å². The van der Waals surface area contributed by atoms with Gasteiger partial charge in [0.05, 0.1) is 0 Å². The van der Waals surface area contributed by atoms with Gasteiger partial charge in [0, 0.05) is 18.0 Å². The van der Waals surface area contributed by atoms with E-state index in [1.54, 1.807) is 0 Å². The van der Waals surface area contributed by atoms with E-state index in [4.69, 9.17) is 0 Å². The van der Waals surface area contributed by atoms with Crippen LogP contribution in [0.3, 0.4) is 0 Å². The minimum atomic E-state index is -0.0498. The third kappa shape index (κ3) is 6.06. The van der Waals surface area contributed by atoms with Crippen LogP contribution in [0.4, 0.5) is 0 Å². The Balaban J connectivity index is 2.20. The summed E-state index contributed by atoms with van der Waals surface area (Å²) in [6, 6.07) is 0.559. The van der Waals surface area contributed by atoms with Gasteiger partial charge in [-0.1, -0.05) is 19.8 Å². The lowest BCUT2D eigenvalue weighted by Crippen LogP contribution is -2.44. The summed E-state index contributed by atoms with van der Waals surface area (Å²) in [6.07, 6.45) is 7.61. The van der Waals surface area contributed by atoms with Gasteiger partial charge in [-0.15, -0.1) is 0 Å². The van der Waals surface area contributed by atoms with Crippen molar-refractivity contribution in [1.82, 2.24) is 10.6 Å². The molecule has 0 spiro atoms. The number of hydrogen-bond acceptors (Lipinski definition) is 2. The molecule has 0 aromatic rings. The first-order valence-electron chi connectivity index (χ1n) is 7.08. The first kappa shape index (κ1) is 14.5. The van der Waals surface area contributed by atoms with Gasteiger partial charge in [0.1, 0.15) is 0 Å². The van der Waals surface area contributed by atoms with Crippen LogP contribution in [-0.2, 0) is 4.79 Å². The molecule has 2 N–H and O–H groups in total. The zero-order valence-electron chi connectivity index (χ0n) is 11.6. The molecule has 1 atom stereocenters. The second-order valence-electron chi connectivity index (χ2n) is 5.87. The molecule has 0 aromatic heterocycles. The minimum Gasteiger partial charge on any atom is -0.351 e. The van der Waals surface area contributed by atoms with E-state index in [1.807, 2.05) is 0 Å². The van der Waals surface area contributed by atoms with Gasteiger partial charge in [0.25, 0.3) is 0 Å². The highest BCUT2D eigenvalue weighted by Gasteiger charge is 2.20. The smallest absolute Gasteiger partial charge is 0.220 e. The SMILES string of the molecule is CCCC(C)(C)NC(=O)CCC1CCCCN1. The van der Waals surface area contributed by atoms with Crippen LogP contribution in [-0.4, -0.2) is 24.0 Å². The van der Waals surface area contributed by atoms with Crippen LogP contribution in [0, 0.1) is 0 Å². The molecule has 1 fully saturated rings. The molecular weight excluding hydrogens is 212 g/mol. The Labute approximate surface area is 106 Å². The first-order chi connectivity index (χ1) is 8.03. The summed E-state index contributed by atoms with van der Waals surface area (Å²) >= 11 is 0. The predicted molar refractivity (Wildman–Crippen MR) is 72.0 cm³/mol. The maximum Gasteiger partial charge on any atom is 0.220 e. The number of piperidine rings is 1. The van der Waals surface area contributed by atoms with Crippen LogP contribution >= 0.6 is 0 Å². The van der Waals surface area contributed by atoms with Gasteiger partial charge in [-0.3, -0.25) is 4.79 Å². The number of carbonyl (C=O) groups excluding carboxylic acids is 1. The Morgan fingerprint density at radius 2 is 2.18 bits per heavy atom. The Morgan fingerprint density at radius 1 is 1.41 bits per heavy atom. The van der Waals surface area contributed by atoms with Gasteiger partial charge in [-0.2, -0.15) is 0 Å². The van der Waals surface area contributed by atoms with Gasteiger partial charge in [-0.25, -0.2) is 0 Å². The molecule has 100 valence electrons. The summed E-state index contributed by atoms with van der Waals surface area (Å²) in [5, 5.41) is 6.61. The second kappa shape index (κ2) is 7.00. The predicted octanol–water partition coefficient (Wildman–Crippen LogP) is 2.60. The quantitative estimate of drug-likeness (QED) is 0.749. The van der Waals surface area contributed by atoms with Crippen LogP contribution in [0.25, 0.3) is 0 Å². The van der Waals surface area contributed by atoms with E-state index in [-0.39, 0.29) is 11.4 Å². The fourth-order valence-corrected chi connectivity index (χ4v) is 2.60. The summed E-state index contributed by atoms with van der Waals surface area (Å²) < 4.78 is 0. The Hall–Kier alpha value is -0.570. The fraction of sp³-hybridized carbons (Fsp3) is 0.929. The van der Waals surface area contributed by atoms with Crippen molar-refractivity contribution in [2.24, 2.45) is 0 Å². The van der Waals surface area contributed by atoms with E-state index in [0.29, 0.717) is 12.5 Å². The molecule has 1 heterocycles. The van der Waals surface area contributed by atoms with Gasteiger partial charge in [-0.05, 0) is 46.1 Å². The van der Waals surface area contributed by atoms with Crippen LogP contribution in [0.1, 0.15) is 65.7 Å². The Kier molecular flexibility index (Phi) is 5.96. The van der Waals surface area contributed by atoms with E-state index in [0.717, 1.165) is 25.8 Å². The maximum atomic E-state index is 11.8. The van der Waals surface area contributed by atoms with Crippen molar-refractivity contribution >= 4 is 5.91 Å². The molecule has 1 unspecified atom stereocenters. The number of nitrogens with one attached hydrogen (secondary N) is 2. The van der Waals surface area contributed by atoms with E-state index in [9.17, 15) is 4.79 Å². The molecule has 1 saturated heterocycles. The third-order valence-corrected chi connectivity index (χ3v) is 3.49. The summed E-state index contributed by atoms with van der Waals surface area (Å²) in [6.45, 7) is 7.48. The molecule has 1 amide bonds. The van der Waals surface area contributed by atoms with Gasteiger partial charge < -0.3 is 10.6 Å². The van der Waals surface area contributed by atoms with Crippen LogP contribution < -0.4 is 10.6 Å². The van der Waals surface area contributed by atoms with Crippen molar-refractivity contribution in [1.29, 1.82) is 0 Å². The first-order valence-corrected chi connectivity index (χ1v) is 7.08. The number of carbonyl (C=O) groups is 1. The number of rotatable bonds is 6. The van der Waals surface area contributed by atoms with Gasteiger partial charge in [0.15, 0.2) is 0 Å². The van der Waals surface area contributed by atoms with Crippen molar-refractivity contribution in [2.75, 3.05) is 6.54 Å². The molecule has 1 rings (SSSR count). The Morgan fingerprint density at radius 3 is 2.76 bits per heavy atom. The summed E-state index contributed by atoms with van der Waals surface area (Å²) in [7, 11) is 0. The zero-order chi connectivity index (χ0) is 12.7. The van der Waals surface area contributed by atoms with Crippen molar-refractivity contribution in [2.45, 2.75) is 77.3 Å². The molecule has 0 aromatic carbocycles. The topological polar surface area (TPSA) is 41.1 Å². The van der Waals surface area contributed by atoms with E-state index >= 15 is 0 Å². The molecular formula is C14H28N2O. The second-order valence-corrected chi connectivity index (χ2v) is 5.87. The lowest BCUT2D eigenvalue weighted by Gasteiger charge is -2.27. The molecule has 17 heavy (non-hydrogen) atoms. The lowest BCUT2D eigenvalue weighted by molar-refractivity contribution is -0.123. The summed E-state index contributed by atoms with van der Waals surface area (Å²) in [5.41, 5.74) is -0.0498. The summed E-state index contributed by atoms with van der Waals surface area (Å²) in [5.74, 6) is 0.204. The highest BCUT2D eigenvalue weighted by molar-refractivity contribution is 5.76. The van der Waals surface area contributed by atoms with Gasteiger partial charge in [0.2, 0.25) is 5.91 Å². The largest absolute Gasteiger partial charge is 0.351 e. The normalized spacial score (nSPS) is 21.2. The molecule has 0 saturated carbocycles. The average molecular weight is 240 g/mol. The number of amides is 1. The number of hydrogen-bond donors (Lipinski definition) is 2. The van der Waals surface area contributed by atoms with Crippen molar-refractivity contribution in [3.63, 3.8) is 0 Å². The highest BCUT2D eigenvalue weighted by atomic mass is 16.1. The maximum absolute atomic E-state index is 11.8. The Bertz CT molecular complexity index is 232. The monoisotopic (exact) mass is 240 g/mol. The zero-order valence-corrected chi connectivity index (χ0v) is 11.6. The van der Waals surface area contributed by atoms with Gasteiger partial charge >= 0.3 is 0 Å². The highest BCUT2D eigenvalue weighted by Crippen LogP contribution is 2.14.